The summed E-state index contributed by atoms with van der Waals surface area (Å²) in [7, 11) is 0. The third kappa shape index (κ3) is 1.31. The molecule has 0 amide bonds. The highest BCUT2D eigenvalue weighted by atomic mass is 32.1. The fraction of sp³-hybridized carbons (Fsp3) is 0. The van der Waals surface area contributed by atoms with Crippen LogP contribution in [0.15, 0.2) is 12.3 Å². The van der Waals surface area contributed by atoms with E-state index in [2.05, 4.69) is 15.0 Å². The van der Waals surface area contributed by atoms with Gasteiger partial charge in [0.05, 0.1) is 11.1 Å². The van der Waals surface area contributed by atoms with E-state index in [1.807, 2.05) is 0 Å². The summed E-state index contributed by atoms with van der Waals surface area (Å²) in [5, 5.41) is 8.66. The summed E-state index contributed by atoms with van der Waals surface area (Å²) in [4.78, 5) is 20.0. The van der Waals surface area contributed by atoms with Gasteiger partial charge in [-0.25, -0.2) is 9.78 Å². The van der Waals surface area contributed by atoms with Crippen molar-refractivity contribution in [3.8, 4) is 0 Å². The minimum absolute atomic E-state index is 0.137. The number of H-pyrrole nitrogens is 2. The molecule has 3 N–H and O–H groups in total. The number of rotatable bonds is 1. The van der Waals surface area contributed by atoms with Crippen molar-refractivity contribution in [2.24, 2.45) is 0 Å². The highest BCUT2D eigenvalue weighted by Gasteiger charge is 2.05. The molecule has 0 saturated heterocycles. The monoisotopic (exact) mass is 195 g/mol. The lowest BCUT2D eigenvalue weighted by molar-refractivity contribution is 0.0696. The van der Waals surface area contributed by atoms with Crippen LogP contribution in [0.3, 0.4) is 0 Å². The summed E-state index contributed by atoms with van der Waals surface area (Å²) in [6.07, 6.45) is 1.28. The Morgan fingerprint density at radius 2 is 2.31 bits per heavy atom. The van der Waals surface area contributed by atoms with Crippen LogP contribution in [0.5, 0.6) is 0 Å². The van der Waals surface area contributed by atoms with Crippen molar-refractivity contribution in [3.05, 3.63) is 22.6 Å². The molecule has 0 aliphatic heterocycles. The van der Waals surface area contributed by atoms with Crippen molar-refractivity contribution in [2.75, 3.05) is 0 Å². The maximum atomic E-state index is 10.6. The van der Waals surface area contributed by atoms with E-state index in [9.17, 15) is 4.79 Å². The second-order valence-electron chi connectivity index (χ2n) is 2.50. The topological polar surface area (TPSA) is 81.8 Å². The molecule has 2 heterocycles. The van der Waals surface area contributed by atoms with Gasteiger partial charge in [0.1, 0.15) is 0 Å². The fourth-order valence-electron chi connectivity index (χ4n) is 1.04. The highest BCUT2D eigenvalue weighted by Crippen LogP contribution is 2.08. The Morgan fingerprint density at radius 3 is 3.00 bits per heavy atom. The number of imidazole rings is 1. The third-order valence-corrected chi connectivity index (χ3v) is 1.82. The van der Waals surface area contributed by atoms with Gasteiger partial charge in [-0.1, -0.05) is 0 Å². The van der Waals surface area contributed by atoms with Gasteiger partial charge < -0.3 is 15.1 Å². The average molecular weight is 195 g/mol. The second-order valence-corrected chi connectivity index (χ2v) is 2.91. The van der Waals surface area contributed by atoms with Crippen molar-refractivity contribution in [2.45, 2.75) is 0 Å². The standard InChI is InChI=1S/C7H5N3O2S/c11-6(12)3-1-4-5(8-2-3)10-7(13)9-4/h1-2H,(H,11,12)(H2,8,9,10,13). The smallest absolute Gasteiger partial charge is 0.337 e. The maximum absolute atomic E-state index is 10.6. The van der Waals surface area contributed by atoms with Gasteiger partial charge in [0.25, 0.3) is 0 Å². The van der Waals surface area contributed by atoms with Crippen molar-refractivity contribution in [1.82, 2.24) is 15.0 Å². The first kappa shape index (κ1) is 7.93. The van der Waals surface area contributed by atoms with Crippen molar-refractivity contribution in [1.29, 1.82) is 0 Å². The number of nitrogens with one attached hydrogen (secondary N) is 2. The molecule has 2 aromatic heterocycles. The number of aromatic amines is 2. The van der Waals surface area contributed by atoms with E-state index < -0.39 is 5.97 Å². The lowest BCUT2D eigenvalue weighted by atomic mass is 10.3. The van der Waals surface area contributed by atoms with Gasteiger partial charge in [-0.2, -0.15) is 0 Å². The Balaban J connectivity index is 2.74. The Kier molecular flexibility index (Phi) is 1.63. The molecule has 5 nitrogen and oxygen atoms in total. The van der Waals surface area contributed by atoms with Crippen LogP contribution >= 0.6 is 12.2 Å². The summed E-state index contributed by atoms with van der Waals surface area (Å²) in [6.45, 7) is 0. The first-order valence-corrected chi connectivity index (χ1v) is 3.89. The van der Waals surface area contributed by atoms with Crippen LogP contribution in [0, 0.1) is 4.77 Å². The second kappa shape index (κ2) is 2.67. The molecule has 0 fully saturated rings. The molecule has 0 bridgehead atoms. The van der Waals surface area contributed by atoms with Crippen LogP contribution in [-0.4, -0.2) is 26.0 Å². The van der Waals surface area contributed by atoms with E-state index >= 15 is 0 Å². The zero-order chi connectivity index (χ0) is 9.42. The summed E-state index contributed by atoms with van der Waals surface area (Å²) in [6, 6.07) is 1.48. The van der Waals surface area contributed by atoms with E-state index in [1.54, 1.807) is 0 Å². The lowest BCUT2D eigenvalue weighted by Gasteiger charge is -1.91. The fourth-order valence-corrected chi connectivity index (χ4v) is 1.24. The quantitative estimate of drug-likeness (QED) is 0.599. The number of aromatic nitrogens is 3. The Labute approximate surface area is 77.4 Å². The van der Waals surface area contributed by atoms with Gasteiger partial charge in [0.2, 0.25) is 0 Å². The molecule has 6 heteroatoms. The molecule has 0 aliphatic carbocycles. The number of aromatic carboxylic acids is 1. The molecule has 0 radical (unpaired) electrons. The van der Waals surface area contributed by atoms with Gasteiger partial charge in [-0.15, -0.1) is 0 Å². The van der Waals surface area contributed by atoms with Gasteiger partial charge >= 0.3 is 5.97 Å². The predicted molar refractivity (Wildman–Crippen MR) is 48.2 cm³/mol. The summed E-state index contributed by atoms with van der Waals surface area (Å²) in [5.74, 6) is -1.00. The molecule has 2 rings (SSSR count). The van der Waals surface area contributed by atoms with Crippen LogP contribution < -0.4 is 0 Å². The Hall–Kier alpha value is -1.69. The third-order valence-electron chi connectivity index (χ3n) is 1.61. The van der Waals surface area contributed by atoms with Crippen LogP contribution in [-0.2, 0) is 0 Å². The molecule has 0 saturated carbocycles. The molecular formula is C7H5N3O2S. The average Bonchev–Trinajstić information content (AvgIpc) is 2.42. The molecule has 0 aromatic carbocycles. The van der Waals surface area contributed by atoms with Gasteiger partial charge in [0.15, 0.2) is 10.4 Å². The number of fused-ring (bicyclic) bond motifs is 1. The van der Waals surface area contributed by atoms with Crippen LogP contribution in [0.4, 0.5) is 0 Å². The molecular weight excluding hydrogens is 190 g/mol. The minimum Gasteiger partial charge on any atom is -0.478 e. The van der Waals surface area contributed by atoms with Crippen LogP contribution in [0.25, 0.3) is 11.2 Å². The molecule has 0 unspecified atom stereocenters. The molecule has 13 heavy (non-hydrogen) atoms. The first-order valence-electron chi connectivity index (χ1n) is 3.48. The Bertz CT molecular complexity index is 528. The molecule has 0 atom stereocenters. The van der Waals surface area contributed by atoms with Gasteiger partial charge in [-0.3, -0.25) is 0 Å². The van der Waals surface area contributed by atoms with Gasteiger partial charge in [0, 0.05) is 6.20 Å². The molecule has 66 valence electrons. The first-order chi connectivity index (χ1) is 6.16. The molecule has 2 aromatic rings. The van der Waals surface area contributed by atoms with Crippen molar-refractivity contribution < 1.29 is 9.90 Å². The van der Waals surface area contributed by atoms with E-state index in [0.29, 0.717) is 15.9 Å². The van der Waals surface area contributed by atoms with E-state index in [0.717, 1.165) is 0 Å². The van der Waals surface area contributed by atoms with E-state index in [1.165, 1.54) is 12.3 Å². The number of carboxylic acids is 1. The molecule has 0 aliphatic rings. The van der Waals surface area contributed by atoms with Crippen molar-refractivity contribution in [3.63, 3.8) is 0 Å². The number of nitrogens with zero attached hydrogens (tertiary/aromatic N) is 1. The van der Waals surface area contributed by atoms with Crippen LogP contribution in [0.2, 0.25) is 0 Å². The van der Waals surface area contributed by atoms with Crippen LogP contribution in [0.1, 0.15) is 10.4 Å². The predicted octanol–water partition coefficient (Wildman–Crippen LogP) is 1.32. The van der Waals surface area contributed by atoms with E-state index in [-0.39, 0.29) is 5.56 Å². The number of pyridine rings is 1. The lowest BCUT2D eigenvalue weighted by Crippen LogP contribution is -1.96. The number of hydrogen-bond donors (Lipinski definition) is 3. The van der Waals surface area contributed by atoms with E-state index in [4.69, 9.17) is 17.3 Å². The normalized spacial score (nSPS) is 10.5. The molecule has 0 spiro atoms. The summed E-state index contributed by atoms with van der Waals surface area (Å²) >= 11 is 4.82. The highest BCUT2D eigenvalue weighted by molar-refractivity contribution is 7.71. The largest absolute Gasteiger partial charge is 0.478 e. The minimum atomic E-state index is -1.00. The summed E-state index contributed by atoms with van der Waals surface area (Å²) < 4.78 is 0.435. The summed E-state index contributed by atoms with van der Waals surface area (Å²) in [5.41, 5.74) is 1.30. The number of carbonyl (C=O) groups is 1. The number of carboxylic acid groups (broad SMARTS) is 1. The van der Waals surface area contributed by atoms with Crippen molar-refractivity contribution >= 4 is 29.4 Å². The number of hydrogen-bond acceptors (Lipinski definition) is 3. The SMILES string of the molecule is O=C(O)c1cnc2[nH]c(=S)[nH]c2c1. The zero-order valence-corrected chi connectivity index (χ0v) is 7.18. The Morgan fingerprint density at radius 1 is 1.54 bits per heavy atom. The maximum Gasteiger partial charge on any atom is 0.337 e. The zero-order valence-electron chi connectivity index (χ0n) is 6.37. The van der Waals surface area contributed by atoms with Gasteiger partial charge in [-0.05, 0) is 18.3 Å².